The largest absolute Gasteiger partial charge is 0.489 e. The van der Waals surface area contributed by atoms with Crippen LogP contribution in [0.4, 0.5) is 0 Å². The van der Waals surface area contributed by atoms with Gasteiger partial charge >= 0.3 is 5.97 Å². The molecule has 0 heterocycles. The van der Waals surface area contributed by atoms with Gasteiger partial charge in [-0.3, -0.25) is 4.79 Å². The number of benzene rings is 2. The molecule has 0 N–H and O–H groups in total. The summed E-state index contributed by atoms with van der Waals surface area (Å²) in [5.74, 6) is 0.926. The first-order valence-corrected chi connectivity index (χ1v) is 8.13. The number of ether oxygens (including phenoxy) is 2. The third kappa shape index (κ3) is 4.49. The molecule has 2 aromatic rings. The van der Waals surface area contributed by atoms with Crippen molar-refractivity contribution in [2.45, 2.75) is 40.2 Å². The topological polar surface area (TPSA) is 35.5 Å². The van der Waals surface area contributed by atoms with Crippen LogP contribution in [-0.4, -0.2) is 5.97 Å². The molecular weight excluding hydrogens is 312 g/mol. The molecule has 0 aromatic heterocycles. The molecule has 0 saturated heterocycles. The molecule has 2 aromatic carbocycles. The Labute approximate surface area is 142 Å². The fourth-order valence-corrected chi connectivity index (χ4v) is 2.50. The van der Waals surface area contributed by atoms with E-state index in [0.29, 0.717) is 22.8 Å². The van der Waals surface area contributed by atoms with Crippen molar-refractivity contribution in [2.24, 2.45) is 0 Å². The molecule has 0 saturated carbocycles. The van der Waals surface area contributed by atoms with Crippen molar-refractivity contribution in [1.29, 1.82) is 0 Å². The first-order chi connectivity index (χ1) is 11.0. The minimum absolute atomic E-state index is 0.247. The number of aryl methyl sites for hydroxylation is 2. The Morgan fingerprint density at radius 2 is 1.96 bits per heavy atom. The zero-order valence-electron chi connectivity index (χ0n) is 13.7. The van der Waals surface area contributed by atoms with Gasteiger partial charge in [0.15, 0.2) is 0 Å². The summed E-state index contributed by atoms with van der Waals surface area (Å²) >= 11 is 6.23. The molecule has 2 rings (SSSR count). The van der Waals surface area contributed by atoms with Crippen molar-refractivity contribution in [1.82, 2.24) is 0 Å². The lowest BCUT2D eigenvalue weighted by atomic mass is 10.1. The Hall–Kier alpha value is -2.00. The quantitative estimate of drug-likeness (QED) is 0.545. The van der Waals surface area contributed by atoms with Crippen molar-refractivity contribution in [3.63, 3.8) is 0 Å². The normalized spacial score (nSPS) is 10.4. The standard InChI is InChI=1S/C19H21ClO3/c1-4-14-9-10-15(11-13(14)3)22-12-16-17(20)7-6-8-18(16)23-19(21)5-2/h6-11H,4-5,12H2,1-3H3. The van der Waals surface area contributed by atoms with Crippen LogP contribution in [0.3, 0.4) is 0 Å². The molecule has 0 atom stereocenters. The molecule has 23 heavy (non-hydrogen) atoms. The molecule has 4 heteroatoms. The Morgan fingerprint density at radius 1 is 1.17 bits per heavy atom. The van der Waals surface area contributed by atoms with Crippen LogP contribution in [0.5, 0.6) is 11.5 Å². The van der Waals surface area contributed by atoms with E-state index in [9.17, 15) is 4.79 Å². The van der Waals surface area contributed by atoms with Gasteiger partial charge in [-0.2, -0.15) is 0 Å². The monoisotopic (exact) mass is 332 g/mol. The number of carbonyl (C=O) groups is 1. The lowest BCUT2D eigenvalue weighted by Crippen LogP contribution is -2.09. The van der Waals surface area contributed by atoms with Gasteiger partial charge in [-0.05, 0) is 48.7 Å². The molecule has 0 bridgehead atoms. The summed E-state index contributed by atoms with van der Waals surface area (Å²) in [6, 6.07) is 11.3. The molecule has 0 aliphatic rings. The second kappa shape index (κ2) is 8.02. The average Bonchev–Trinajstić information content (AvgIpc) is 2.54. The average molecular weight is 333 g/mol. The molecular formula is C19H21ClO3. The van der Waals surface area contributed by atoms with Crippen LogP contribution < -0.4 is 9.47 Å². The van der Waals surface area contributed by atoms with E-state index < -0.39 is 0 Å². The number of rotatable bonds is 6. The molecule has 122 valence electrons. The van der Waals surface area contributed by atoms with E-state index in [2.05, 4.69) is 19.9 Å². The Balaban J connectivity index is 2.16. The fourth-order valence-electron chi connectivity index (χ4n) is 2.28. The lowest BCUT2D eigenvalue weighted by Gasteiger charge is -2.13. The molecule has 0 unspecified atom stereocenters. The molecule has 0 radical (unpaired) electrons. The van der Waals surface area contributed by atoms with Gasteiger partial charge in [-0.15, -0.1) is 0 Å². The SMILES string of the molecule is CCC(=O)Oc1cccc(Cl)c1COc1ccc(CC)c(C)c1. The summed E-state index contributed by atoms with van der Waals surface area (Å²) in [5.41, 5.74) is 3.17. The van der Waals surface area contributed by atoms with Crippen LogP contribution in [0, 0.1) is 6.92 Å². The van der Waals surface area contributed by atoms with Gasteiger partial charge in [0.05, 0.1) is 10.6 Å². The number of hydrogen-bond acceptors (Lipinski definition) is 3. The second-order valence-corrected chi connectivity index (χ2v) is 5.68. The minimum atomic E-state index is -0.295. The maximum Gasteiger partial charge on any atom is 0.310 e. The van der Waals surface area contributed by atoms with Crippen molar-refractivity contribution in [3.05, 3.63) is 58.1 Å². The van der Waals surface area contributed by atoms with Crippen molar-refractivity contribution in [3.8, 4) is 11.5 Å². The molecule has 0 aliphatic carbocycles. The molecule has 0 spiro atoms. The van der Waals surface area contributed by atoms with Gasteiger partial charge in [0, 0.05) is 6.42 Å². The predicted octanol–water partition coefficient (Wildman–Crippen LogP) is 5.11. The maximum absolute atomic E-state index is 11.5. The smallest absolute Gasteiger partial charge is 0.310 e. The van der Waals surface area contributed by atoms with Gasteiger partial charge in [0.2, 0.25) is 0 Å². The highest BCUT2D eigenvalue weighted by molar-refractivity contribution is 6.31. The summed E-state index contributed by atoms with van der Waals surface area (Å²) < 4.78 is 11.2. The third-order valence-corrected chi connectivity index (χ3v) is 4.02. The zero-order valence-corrected chi connectivity index (χ0v) is 14.4. The van der Waals surface area contributed by atoms with E-state index in [1.165, 1.54) is 11.1 Å². The summed E-state index contributed by atoms with van der Waals surface area (Å²) in [6.07, 6.45) is 1.30. The first kappa shape index (κ1) is 17.4. The molecule has 3 nitrogen and oxygen atoms in total. The van der Waals surface area contributed by atoms with Gasteiger partial charge in [0.1, 0.15) is 18.1 Å². The highest BCUT2D eigenvalue weighted by Crippen LogP contribution is 2.28. The van der Waals surface area contributed by atoms with E-state index in [4.69, 9.17) is 21.1 Å². The first-order valence-electron chi connectivity index (χ1n) is 7.75. The Kier molecular flexibility index (Phi) is 6.05. The number of carbonyl (C=O) groups excluding carboxylic acids is 1. The summed E-state index contributed by atoms with van der Waals surface area (Å²) in [4.78, 5) is 11.5. The van der Waals surface area contributed by atoms with E-state index in [-0.39, 0.29) is 12.6 Å². The molecule has 0 amide bonds. The van der Waals surface area contributed by atoms with Crippen LogP contribution in [0.15, 0.2) is 36.4 Å². The van der Waals surface area contributed by atoms with Crippen LogP contribution in [-0.2, 0) is 17.8 Å². The van der Waals surface area contributed by atoms with Crippen molar-refractivity contribution >= 4 is 17.6 Å². The van der Waals surface area contributed by atoms with Crippen molar-refractivity contribution in [2.75, 3.05) is 0 Å². The van der Waals surface area contributed by atoms with Crippen LogP contribution in [0.1, 0.15) is 37.0 Å². The van der Waals surface area contributed by atoms with E-state index in [0.717, 1.165) is 12.2 Å². The highest BCUT2D eigenvalue weighted by Gasteiger charge is 2.12. The van der Waals surface area contributed by atoms with Crippen LogP contribution >= 0.6 is 11.6 Å². The zero-order chi connectivity index (χ0) is 16.8. The number of halogens is 1. The maximum atomic E-state index is 11.5. The van der Waals surface area contributed by atoms with Crippen LogP contribution in [0.25, 0.3) is 0 Å². The van der Waals surface area contributed by atoms with E-state index >= 15 is 0 Å². The van der Waals surface area contributed by atoms with Gasteiger partial charge < -0.3 is 9.47 Å². The summed E-state index contributed by atoms with van der Waals surface area (Å²) in [7, 11) is 0. The van der Waals surface area contributed by atoms with Crippen LogP contribution in [0.2, 0.25) is 5.02 Å². The van der Waals surface area contributed by atoms with E-state index in [1.54, 1.807) is 25.1 Å². The highest BCUT2D eigenvalue weighted by atomic mass is 35.5. The fraction of sp³-hybridized carbons (Fsp3) is 0.316. The Morgan fingerprint density at radius 3 is 2.61 bits per heavy atom. The summed E-state index contributed by atoms with van der Waals surface area (Å²) in [5, 5.41) is 0.522. The Bertz CT molecular complexity index is 695. The third-order valence-electron chi connectivity index (χ3n) is 3.67. The molecule has 0 aliphatic heterocycles. The minimum Gasteiger partial charge on any atom is -0.489 e. The molecule has 0 fully saturated rings. The van der Waals surface area contributed by atoms with Gasteiger partial charge in [-0.1, -0.05) is 37.6 Å². The number of esters is 1. The lowest BCUT2D eigenvalue weighted by molar-refractivity contribution is -0.134. The van der Waals surface area contributed by atoms with Crippen molar-refractivity contribution < 1.29 is 14.3 Å². The van der Waals surface area contributed by atoms with E-state index in [1.807, 2.05) is 12.1 Å². The second-order valence-electron chi connectivity index (χ2n) is 5.27. The van der Waals surface area contributed by atoms with Gasteiger partial charge in [-0.25, -0.2) is 0 Å². The van der Waals surface area contributed by atoms with Gasteiger partial charge in [0.25, 0.3) is 0 Å². The summed E-state index contributed by atoms with van der Waals surface area (Å²) in [6.45, 7) is 6.19. The number of hydrogen-bond donors (Lipinski definition) is 0. The predicted molar refractivity (Wildman–Crippen MR) is 92.3 cm³/mol.